The summed E-state index contributed by atoms with van der Waals surface area (Å²) in [5.41, 5.74) is 2.20. The summed E-state index contributed by atoms with van der Waals surface area (Å²) in [6.07, 6.45) is 5.88. The number of morpholine rings is 1. The Hall–Kier alpha value is -1.40. The van der Waals surface area contributed by atoms with Crippen LogP contribution in [0.25, 0.3) is 5.69 Å². The van der Waals surface area contributed by atoms with Gasteiger partial charge in [0.05, 0.1) is 24.6 Å². The molecule has 2 N–H and O–H groups in total. The van der Waals surface area contributed by atoms with E-state index >= 15 is 0 Å². The van der Waals surface area contributed by atoms with Crippen molar-refractivity contribution in [1.29, 1.82) is 0 Å². The Morgan fingerprint density at radius 1 is 1.20 bits per heavy atom. The second-order valence-electron chi connectivity index (χ2n) is 6.80. The van der Waals surface area contributed by atoms with Gasteiger partial charge >= 0.3 is 0 Å². The summed E-state index contributed by atoms with van der Waals surface area (Å²) in [5.74, 6) is 0.668. The van der Waals surface area contributed by atoms with Gasteiger partial charge in [0, 0.05) is 31.4 Å². The molecule has 1 aromatic heterocycles. The van der Waals surface area contributed by atoms with Crippen LogP contribution in [0.5, 0.6) is 0 Å². The van der Waals surface area contributed by atoms with Gasteiger partial charge in [-0.1, -0.05) is 24.6 Å². The number of rotatable bonds is 5. The average molecular weight is 363 g/mol. The molecule has 6 heteroatoms. The number of nitrogens with zero attached hydrogens (tertiary/aromatic N) is 2. The molecule has 4 rings (SSSR count). The van der Waals surface area contributed by atoms with Crippen LogP contribution in [0.2, 0.25) is 0 Å². The zero-order chi connectivity index (χ0) is 16.2. The molecule has 1 aromatic carbocycles. The van der Waals surface area contributed by atoms with Crippen LogP contribution in [0.1, 0.15) is 25.0 Å². The molecule has 5 nitrogen and oxygen atoms in total. The maximum Gasteiger partial charge on any atom is 0.0766 e. The molecule has 3 atom stereocenters. The lowest BCUT2D eigenvalue weighted by molar-refractivity contribution is 0.0524. The smallest absolute Gasteiger partial charge is 0.0766 e. The van der Waals surface area contributed by atoms with Gasteiger partial charge < -0.3 is 15.4 Å². The summed E-state index contributed by atoms with van der Waals surface area (Å²) in [6.45, 7) is 3.51. The molecule has 2 aromatic rings. The fourth-order valence-corrected chi connectivity index (χ4v) is 4.00. The highest BCUT2D eigenvalue weighted by Gasteiger charge is 2.34. The minimum Gasteiger partial charge on any atom is -0.379 e. The topological polar surface area (TPSA) is 51.1 Å². The largest absolute Gasteiger partial charge is 0.379 e. The third kappa shape index (κ3) is 4.42. The highest BCUT2D eigenvalue weighted by molar-refractivity contribution is 5.85. The summed E-state index contributed by atoms with van der Waals surface area (Å²) >= 11 is 0. The number of aromatic nitrogens is 2. The first kappa shape index (κ1) is 18.4. The average Bonchev–Trinajstić information content (AvgIpc) is 3.31. The molecule has 2 heterocycles. The lowest BCUT2D eigenvalue weighted by Crippen LogP contribution is -2.50. The van der Waals surface area contributed by atoms with Gasteiger partial charge in [-0.05, 0) is 37.0 Å². The van der Waals surface area contributed by atoms with Gasteiger partial charge in [-0.3, -0.25) is 0 Å². The van der Waals surface area contributed by atoms with E-state index < -0.39 is 0 Å². The van der Waals surface area contributed by atoms with Crippen molar-refractivity contribution in [2.75, 3.05) is 19.8 Å². The number of hydrogen-bond acceptors (Lipinski definition) is 4. The number of para-hydroxylation sites is 1. The summed E-state index contributed by atoms with van der Waals surface area (Å²) in [4.78, 5) is 0. The Morgan fingerprint density at radius 3 is 2.88 bits per heavy atom. The molecule has 136 valence electrons. The van der Waals surface area contributed by atoms with E-state index in [1.54, 1.807) is 0 Å². The lowest BCUT2D eigenvalue weighted by Gasteiger charge is -2.32. The number of benzene rings is 1. The van der Waals surface area contributed by atoms with Crippen LogP contribution < -0.4 is 10.6 Å². The fraction of sp³-hybridized carbons (Fsp3) is 0.526. The second kappa shape index (κ2) is 8.81. The van der Waals surface area contributed by atoms with E-state index in [0.29, 0.717) is 18.0 Å². The van der Waals surface area contributed by atoms with Crippen molar-refractivity contribution in [3.8, 4) is 5.69 Å². The summed E-state index contributed by atoms with van der Waals surface area (Å²) in [6, 6.07) is 13.4. The third-order valence-electron chi connectivity index (χ3n) is 5.25. The molecular weight excluding hydrogens is 336 g/mol. The van der Waals surface area contributed by atoms with Gasteiger partial charge in [0.1, 0.15) is 0 Å². The second-order valence-corrected chi connectivity index (χ2v) is 6.80. The SMILES string of the molecule is Cl.c1ccc(-n2ccc(CNC3CCCC3C3COCCN3)n2)cc1. The third-order valence-corrected chi connectivity index (χ3v) is 5.25. The van der Waals surface area contributed by atoms with E-state index in [1.165, 1.54) is 19.3 Å². The first-order valence-corrected chi connectivity index (χ1v) is 9.04. The van der Waals surface area contributed by atoms with Crippen LogP contribution in [-0.2, 0) is 11.3 Å². The van der Waals surface area contributed by atoms with Gasteiger partial charge in [0.2, 0.25) is 0 Å². The zero-order valence-electron chi connectivity index (χ0n) is 14.4. The van der Waals surface area contributed by atoms with Crippen molar-refractivity contribution in [3.05, 3.63) is 48.3 Å². The Bertz CT molecular complexity index is 642. The molecule has 1 aliphatic carbocycles. The first-order valence-electron chi connectivity index (χ1n) is 9.04. The molecule has 2 fully saturated rings. The molecular formula is C19H27ClN4O. The summed E-state index contributed by atoms with van der Waals surface area (Å²) in [7, 11) is 0. The van der Waals surface area contributed by atoms with Crippen LogP contribution in [0.15, 0.2) is 42.6 Å². The van der Waals surface area contributed by atoms with Crippen LogP contribution in [-0.4, -0.2) is 41.6 Å². The number of nitrogens with one attached hydrogen (secondary N) is 2. The fourth-order valence-electron chi connectivity index (χ4n) is 4.00. The normalized spacial score (nSPS) is 26.3. The molecule has 0 spiro atoms. The number of hydrogen-bond donors (Lipinski definition) is 2. The van der Waals surface area contributed by atoms with E-state index in [1.807, 2.05) is 29.1 Å². The maximum absolute atomic E-state index is 5.65. The predicted octanol–water partition coefficient (Wildman–Crippen LogP) is 2.54. The maximum atomic E-state index is 5.65. The minimum absolute atomic E-state index is 0. The Balaban J connectivity index is 0.00000182. The Labute approximate surface area is 155 Å². The van der Waals surface area contributed by atoms with Crippen molar-refractivity contribution < 1.29 is 4.74 Å². The monoisotopic (exact) mass is 362 g/mol. The Morgan fingerprint density at radius 2 is 2.08 bits per heavy atom. The predicted molar refractivity (Wildman–Crippen MR) is 101 cm³/mol. The highest BCUT2D eigenvalue weighted by atomic mass is 35.5. The molecule has 3 unspecified atom stereocenters. The van der Waals surface area contributed by atoms with Gasteiger partial charge in [0.15, 0.2) is 0 Å². The van der Waals surface area contributed by atoms with Crippen LogP contribution in [0, 0.1) is 5.92 Å². The molecule has 1 aliphatic heterocycles. The van der Waals surface area contributed by atoms with Crippen molar-refractivity contribution in [2.24, 2.45) is 5.92 Å². The van der Waals surface area contributed by atoms with Crippen molar-refractivity contribution in [1.82, 2.24) is 20.4 Å². The molecule has 25 heavy (non-hydrogen) atoms. The van der Waals surface area contributed by atoms with E-state index in [4.69, 9.17) is 9.84 Å². The standard InChI is InChI=1S/C19H26N4O.ClH/c1-2-5-16(6-3-1)23-11-9-15(22-23)13-21-18-8-4-7-17(18)19-14-24-12-10-20-19;/h1-3,5-6,9,11,17-21H,4,7-8,10,12-14H2;1H. The highest BCUT2D eigenvalue weighted by Crippen LogP contribution is 2.29. The molecule has 0 amide bonds. The van der Waals surface area contributed by atoms with Crippen molar-refractivity contribution >= 4 is 12.4 Å². The van der Waals surface area contributed by atoms with Crippen molar-refractivity contribution in [3.63, 3.8) is 0 Å². The van der Waals surface area contributed by atoms with Crippen LogP contribution in [0.3, 0.4) is 0 Å². The molecule has 1 saturated heterocycles. The van der Waals surface area contributed by atoms with Crippen LogP contribution in [0.4, 0.5) is 0 Å². The number of ether oxygens (including phenoxy) is 1. The molecule has 1 saturated carbocycles. The van der Waals surface area contributed by atoms with Gasteiger partial charge in [-0.25, -0.2) is 4.68 Å². The van der Waals surface area contributed by atoms with E-state index in [9.17, 15) is 0 Å². The molecule has 2 aliphatic rings. The summed E-state index contributed by atoms with van der Waals surface area (Å²) < 4.78 is 7.60. The number of halogens is 1. The minimum atomic E-state index is 0. The zero-order valence-corrected chi connectivity index (χ0v) is 15.3. The molecule has 0 radical (unpaired) electrons. The lowest BCUT2D eigenvalue weighted by atomic mass is 9.94. The van der Waals surface area contributed by atoms with Crippen molar-refractivity contribution in [2.45, 2.75) is 37.9 Å². The van der Waals surface area contributed by atoms with Gasteiger partial charge in [0.25, 0.3) is 0 Å². The summed E-state index contributed by atoms with van der Waals surface area (Å²) in [5, 5.41) is 12.1. The first-order chi connectivity index (χ1) is 11.9. The van der Waals surface area contributed by atoms with E-state index in [2.05, 4.69) is 28.8 Å². The van der Waals surface area contributed by atoms with Gasteiger partial charge in [-0.15, -0.1) is 12.4 Å². The Kier molecular flexibility index (Phi) is 6.48. The van der Waals surface area contributed by atoms with E-state index in [0.717, 1.165) is 37.7 Å². The van der Waals surface area contributed by atoms with E-state index in [-0.39, 0.29) is 12.4 Å². The van der Waals surface area contributed by atoms with Crippen LogP contribution >= 0.6 is 12.4 Å². The molecule has 0 bridgehead atoms. The quantitative estimate of drug-likeness (QED) is 0.858. The van der Waals surface area contributed by atoms with Gasteiger partial charge in [-0.2, -0.15) is 5.10 Å².